The third-order valence-electron chi connectivity index (χ3n) is 3.90. The summed E-state index contributed by atoms with van der Waals surface area (Å²) >= 11 is 0. The normalized spacial score (nSPS) is 10.3. The first-order chi connectivity index (χ1) is 13.7. The van der Waals surface area contributed by atoms with E-state index in [-0.39, 0.29) is 11.7 Å². The van der Waals surface area contributed by atoms with Gasteiger partial charge in [0, 0.05) is 18.7 Å². The molecule has 0 aliphatic carbocycles. The summed E-state index contributed by atoms with van der Waals surface area (Å²) in [4.78, 5) is 20.5. The van der Waals surface area contributed by atoms with Gasteiger partial charge in [0.25, 0.3) is 5.91 Å². The molecule has 0 radical (unpaired) electrons. The number of nitrogens with one attached hydrogen (secondary N) is 2. The fourth-order valence-electron chi connectivity index (χ4n) is 2.49. The molecule has 3 rings (SSSR count). The minimum absolute atomic E-state index is 0.0715. The number of hydrogen-bond acceptors (Lipinski definition) is 6. The molecular formula is C21H22N4O3. The summed E-state index contributed by atoms with van der Waals surface area (Å²) in [6.07, 6.45) is 3.91. The second-order valence-corrected chi connectivity index (χ2v) is 6.10. The number of nitrogens with zero attached hydrogens (tertiary/aromatic N) is 2. The molecular weight excluding hydrogens is 356 g/mol. The highest BCUT2D eigenvalue weighted by atomic mass is 16.5. The summed E-state index contributed by atoms with van der Waals surface area (Å²) in [5, 5.41) is 15.4. The van der Waals surface area contributed by atoms with Gasteiger partial charge in [-0.1, -0.05) is 36.4 Å². The van der Waals surface area contributed by atoms with Crippen LogP contribution in [0.2, 0.25) is 0 Å². The molecule has 1 aromatic heterocycles. The Hall–Kier alpha value is -3.61. The molecule has 3 N–H and O–H groups in total. The van der Waals surface area contributed by atoms with Gasteiger partial charge in [-0.3, -0.25) is 9.78 Å². The summed E-state index contributed by atoms with van der Waals surface area (Å²) in [6.45, 7) is 1.55. The molecule has 7 heteroatoms. The molecule has 0 atom stereocenters. The van der Waals surface area contributed by atoms with Crippen LogP contribution in [0.4, 0.5) is 5.82 Å². The average molecular weight is 378 g/mol. The van der Waals surface area contributed by atoms with Crippen molar-refractivity contribution in [2.45, 2.75) is 13.0 Å². The van der Waals surface area contributed by atoms with Crippen LogP contribution in [0.3, 0.4) is 0 Å². The number of carbonyl (C=O) groups is 1. The Labute approximate surface area is 163 Å². The minimum Gasteiger partial charge on any atom is -0.508 e. The van der Waals surface area contributed by atoms with Gasteiger partial charge in [-0.05, 0) is 30.2 Å². The van der Waals surface area contributed by atoms with Gasteiger partial charge in [-0.2, -0.15) is 4.98 Å². The number of carbonyl (C=O) groups excluding carboxylic acids is 1. The third-order valence-corrected chi connectivity index (χ3v) is 3.90. The van der Waals surface area contributed by atoms with Crippen LogP contribution in [0.25, 0.3) is 0 Å². The fourth-order valence-corrected chi connectivity index (χ4v) is 2.49. The molecule has 1 amide bonds. The number of rotatable bonds is 9. The van der Waals surface area contributed by atoms with Crippen LogP contribution >= 0.6 is 0 Å². The minimum atomic E-state index is -0.216. The SMILES string of the molecule is O=C(NCCCNc1cncc(OCc2ccccc2)n1)c1cccc(O)c1. The number of hydrogen-bond donors (Lipinski definition) is 3. The van der Waals surface area contributed by atoms with Gasteiger partial charge < -0.3 is 20.5 Å². The maximum absolute atomic E-state index is 12.0. The average Bonchev–Trinajstić information content (AvgIpc) is 2.73. The van der Waals surface area contributed by atoms with Crippen LogP contribution in [0.15, 0.2) is 67.0 Å². The molecule has 0 bridgehead atoms. The van der Waals surface area contributed by atoms with Gasteiger partial charge in [-0.15, -0.1) is 0 Å². The van der Waals surface area contributed by atoms with Crippen LogP contribution in [0, 0.1) is 0 Å². The molecule has 0 saturated heterocycles. The zero-order valence-electron chi connectivity index (χ0n) is 15.3. The van der Waals surface area contributed by atoms with Gasteiger partial charge in [0.2, 0.25) is 5.88 Å². The van der Waals surface area contributed by atoms with Gasteiger partial charge in [0.15, 0.2) is 0 Å². The standard InChI is InChI=1S/C21H22N4O3/c26-18-9-4-8-17(12-18)21(27)24-11-5-10-23-19-13-22-14-20(25-19)28-15-16-6-2-1-3-7-16/h1-4,6-9,12-14,26H,5,10-11,15H2,(H,23,25)(H,24,27). The smallest absolute Gasteiger partial charge is 0.251 e. The van der Waals surface area contributed by atoms with E-state index in [1.807, 2.05) is 30.3 Å². The molecule has 0 aliphatic rings. The maximum Gasteiger partial charge on any atom is 0.251 e. The lowest BCUT2D eigenvalue weighted by molar-refractivity contribution is 0.0953. The Morgan fingerprint density at radius 2 is 1.89 bits per heavy atom. The molecule has 0 unspecified atom stereocenters. The lowest BCUT2D eigenvalue weighted by atomic mass is 10.2. The number of ether oxygens (including phenoxy) is 1. The van der Waals surface area contributed by atoms with Crippen LogP contribution in [-0.4, -0.2) is 34.1 Å². The number of aromatic hydroxyl groups is 1. The van der Waals surface area contributed by atoms with Crippen molar-refractivity contribution in [1.82, 2.24) is 15.3 Å². The van der Waals surface area contributed by atoms with Crippen LogP contribution < -0.4 is 15.4 Å². The summed E-state index contributed by atoms with van der Waals surface area (Å²) < 4.78 is 5.66. The van der Waals surface area contributed by atoms with Crippen LogP contribution in [-0.2, 0) is 6.61 Å². The van der Waals surface area contributed by atoms with E-state index in [2.05, 4.69) is 20.6 Å². The van der Waals surface area contributed by atoms with E-state index in [0.717, 1.165) is 5.56 Å². The Morgan fingerprint density at radius 3 is 2.71 bits per heavy atom. The van der Waals surface area contributed by atoms with Crippen molar-refractivity contribution in [1.29, 1.82) is 0 Å². The maximum atomic E-state index is 12.0. The number of phenolic OH excluding ortho intramolecular Hbond substituents is 1. The van der Waals surface area contributed by atoms with Crippen molar-refractivity contribution in [3.63, 3.8) is 0 Å². The molecule has 144 valence electrons. The summed E-state index contributed by atoms with van der Waals surface area (Å²) in [6, 6.07) is 16.1. The second kappa shape index (κ2) is 9.91. The van der Waals surface area contributed by atoms with E-state index in [9.17, 15) is 9.90 Å². The Morgan fingerprint density at radius 1 is 1.04 bits per heavy atom. The number of aromatic nitrogens is 2. The molecule has 0 aliphatic heterocycles. The highest BCUT2D eigenvalue weighted by Crippen LogP contribution is 2.12. The topological polar surface area (TPSA) is 96.4 Å². The molecule has 0 fully saturated rings. The van der Waals surface area contributed by atoms with E-state index in [0.29, 0.717) is 43.4 Å². The first-order valence-corrected chi connectivity index (χ1v) is 9.00. The highest BCUT2D eigenvalue weighted by Gasteiger charge is 2.05. The zero-order valence-corrected chi connectivity index (χ0v) is 15.3. The van der Waals surface area contributed by atoms with E-state index in [1.165, 1.54) is 12.1 Å². The predicted molar refractivity (Wildman–Crippen MR) is 106 cm³/mol. The zero-order chi connectivity index (χ0) is 19.6. The first-order valence-electron chi connectivity index (χ1n) is 9.00. The van der Waals surface area contributed by atoms with E-state index >= 15 is 0 Å². The Balaban J connectivity index is 1.38. The van der Waals surface area contributed by atoms with E-state index < -0.39 is 0 Å². The van der Waals surface area contributed by atoms with Crippen molar-refractivity contribution in [2.24, 2.45) is 0 Å². The molecule has 2 aromatic carbocycles. The molecule has 3 aromatic rings. The van der Waals surface area contributed by atoms with Gasteiger partial charge in [0.05, 0.1) is 12.4 Å². The molecule has 1 heterocycles. The fraction of sp³-hybridized carbons (Fsp3) is 0.190. The third kappa shape index (κ3) is 5.98. The lowest BCUT2D eigenvalue weighted by Gasteiger charge is -2.09. The predicted octanol–water partition coefficient (Wildman–Crippen LogP) is 2.99. The number of anilines is 1. The van der Waals surface area contributed by atoms with Gasteiger partial charge in [-0.25, -0.2) is 0 Å². The van der Waals surface area contributed by atoms with Crippen molar-refractivity contribution >= 4 is 11.7 Å². The Kier molecular flexibility index (Phi) is 6.78. The summed E-state index contributed by atoms with van der Waals surface area (Å²) in [5.41, 5.74) is 1.49. The summed E-state index contributed by atoms with van der Waals surface area (Å²) in [7, 11) is 0. The highest BCUT2D eigenvalue weighted by molar-refractivity contribution is 5.94. The van der Waals surface area contributed by atoms with Crippen molar-refractivity contribution in [3.8, 4) is 11.6 Å². The van der Waals surface area contributed by atoms with Crippen LogP contribution in [0.1, 0.15) is 22.3 Å². The number of amides is 1. The van der Waals surface area contributed by atoms with Crippen molar-refractivity contribution in [2.75, 3.05) is 18.4 Å². The van der Waals surface area contributed by atoms with Gasteiger partial charge in [0.1, 0.15) is 18.2 Å². The molecule has 0 saturated carbocycles. The van der Waals surface area contributed by atoms with E-state index in [4.69, 9.17) is 4.74 Å². The Bertz CT molecular complexity index is 903. The summed E-state index contributed by atoms with van der Waals surface area (Å²) in [5.74, 6) is 0.921. The first kappa shape index (κ1) is 19.2. The molecule has 7 nitrogen and oxygen atoms in total. The quantitative estimate of drug-likeness (QED) is 0.496. The second-order valence-electron chi connectivity index (χ2n) is 6.10. The van der Waals surface area contributed by atoms with Gasteiger partial charge >= 0.3 is 0 Å². The number of phenols is 1. The van der Waals surface area contributed by atoms with Crippen molar-refractivity contribution in [3.05, 3.63) is 78.1 Å². The van der Waals surface area contributed by atoms with E-state index in [1.54, 1.807) is 24.5 Å². The lowest BCUT2D eigenvalue weighted by Crippen LogP contribution is -2.25. The van der Waals surface area contributed by atoms with Crippen molar-refractivity contribution < 1.29 is 14.6 Å². The van der Waals surface area contributed by atoms with Crippen LogP contribution in [0.5, 0.6) is 11.6 Å². The number of benzene rings is 2. The largest absolute Gasteiger partial charge is 0.508 e. The molecule has 28 heavy (non-hydrogen) atoms. The molecule has 0 spiro atoms. The monoisotopic (exact) mass is 378 g/mol.